The Hall–Kier alpha value is -2.60. The molecular formula is C16H13N3. The van der Waals surface area contributed by atoms with Gasteiger partial charge in [-0.3, -0.25) is 0 Å². The maximum atomic E-state index is 9.37. The lowest BCUT2D eigenvalue weighted by molar-refractivity contribution is 0.661. The van der Waals surface area contributed by atoms with Gasteiger partial charge >= 0.3 is 0 Å². The number of hydrogen-bond donors (Lipinski definition) is 0. The SMILES string of the molecule is N#CC(Cn1cnc2ccccc21)c1ccccc1. The van der Waals surface area contributed by atoms with Gasteiger partial charge in [0, 0.05) is 6.54 Å². The van der Waals surface area contributed by atoms with Crippen LogP contribution in [0.5, 0.6) is 0 Å². The first-order chi connectivity index (χ1) is 9.38. The molecule has 3 heteroatoms. The second-order valence-electron chi connectivity index (χ2n) is 4.48. The highest BCUT2D eigenvalue weighted by Gasteiger charge is 2.12. The monoisotopic (exact) mass is 247 g/mol. The van der Waals surface area contributed by atoms with Crippen LogP contribution in [-0.2, 0) is 6.54 Å². The zero-order valence-electron chi connectivity index (χ0n) is 10.4. The van der Waals surface area contributed by atoms with Crippen LogP contribution in [0.25, 0.3) is 11.0 Å². The first-order valence-corrected chi connectivity index (χ1v) is 6.23. The number of aromatic nitrogens is 2. The average Bonchev–Trinajstić information content (AvgIpc) is 2.89. The van der Waals surface area contributed by atoms with E-state index in [1.165, 1.54) is 0 Å². The molecule has 1 heterocycles. The summed E-state index contributed by atoms with van der Waals surface area (Å²) in [5, 5.41) is 9.37. The zero-order valence-corrected chi connectivity index (χ0v) is 10.4. The second-order valence-corrected chi connectivity index (χ2v) is 4.48. The van der Waals surface area contributed by atoms with Crippen molar-refractivity contribution in [3.8, 4) is 6.07 Å². The number of hydrogen-bond acceptors (Lipinski definition) is 2. The standard InChI is InChI=1S/C16H13N3/c17-10-14(13-6-2-1-3-7-13)11-19-12-18-15-8-4-5-9-16(15)19/h1-9,12,14H,11H2. The van der Waals surface area contributed by atoms with Gasteiger partial charge in [0.2, 0.25) is 0 Å². The molecule has 0 spiro atoms. The van der Waals surface area contributed by atoms with Gasteiger partial charge in [-0.25, -0.2) is 4.98 Å². The highest BCUT2D eigenvalue weighted by Crippen LogP contribution is 2.20. The van der Waals surface area contributed by atoms with Gasteiger partial charge in [-0.15, -0.1) is 0 Å². The van der Waals surface area contributed by atoms with Gasteiger partial charge in [0.05, 0.1) is 29.3 Å². The van der Waals surface area contributed by atoms with Crippen molar-refractivity contribution < 1.29 is 0 Å². The van der Waals surface area contributed by atoms with Crippen LogP contribution < -0.4 is 0 Å². The minimum atomic E-state index is -0.154. The van der Waals surface area contributed by atoms with Crippen molar-refractivity contribution in [3.63, 3.8) is 0 Å². The summed E-state index contributed by atoms with van der Waals surface area (Å²) >= 11 is 0. The molecule has 0 aliphatic carbocycles. The third-order valence-electron chi connectivity index (χ3n) is 3.26. The van der Waals surface area contributed by atoms with E-state index in [1.54, 1.807) is 6.33 Å². The summed E-state index contributed by atoms with van der Waals surface area (Å²) in [6.07, 6.45) is 1.80. The van der Waals surface area contributed by atoms with Gasteiger partial charge in [-0.1, -0.05) is 42.5 Å². The predicted octanol–water partition coefficient (Wildman–Crippen LogP) is 3.34. The van der Waals surface area contributed by atoms with Gasteiger partial charge in [0.15, 0.2) is 0 Å². The predicted molar refractivity (Wildman–Crippen MR) is 74.5 cm³/mol. The molecule has 3 rings (SSSR count). The molecule has 3 nitrogen and oxygen atoms in total. The summed E-state index contributed by atoms with van der Waals surface area (Å²) < 4.78 is 2.04. The molecule has 0 radical (unpaired) electrons. The quantitative estimate of drug-likeness (QED) is 0.712. The maximum Gasteiger partial charge on any atom is 0.0958 e. The summed E-state index contributed by atoms with van der Waals surface area (Å²) in [7, 11) is 0. The van der Waals surface area contributed by atoms with Crippen LogP contribution in [0, 0.1) is 11.3 Å². The van der Waals surface area contributed by atoms with Gasteiger partial charge in [-0.05, 0) is 17.7 Å². The van der Waals surface area contributed by atoms with E-state index in [9.17, 15) is 5.26 Å². The van der Waals surface area contributed by atoms with Crippen LogP contribution >= 0.6 is 0 Å². The molecular weight excluding hydrogens is 234 g/mol. The van der Waals surface area contributed by atoms with Crippen LogP contribution in [0.15, 0.2) is 60.9 Å². The molecule has 0 saturated carbocycles. The number of imidazole rings is 1. The Bertz CT molecular complexity index is 722. The molecule has 92 valence electrons. The van der Waals surface area contributed by atoms with Crippen molar-refractivity contribution in [1.29, 1.82) is 5.26 Å². The summed E-state index contributed by atoms with van der Waals surface area (Å²) in [6, 6.07) is 20.2. The molecule has 0 fully saturated rings. The highest BCUT2D eigenvalue weighted by atomic mass is 15.0. The van der Waals surface area contributed by atoms with Crippen molar-refractivity contribution in [2.75, 3.05) is 0 Å². The molecule has 0 aliphatic rings. The van der Waals surface area contributed by atoms with Crippen LogP contribution in [-0.4, -0.2) is 9.55 Å². The van der Waals surface area contributed by atoms with Crippen molar-refractivity contribution in [2.45, 2.75) is 12.5 Å². The Labute approximate surface area is 111 Å². The van der Waals surface area contributed by atoms with Crippen LogP contribution in [0.3, 0.4) is 0 Å². The fraction of sp³-hybridized carbons (Fsp3) is 0.125. The van der Waals surface area contributed by atoms with Crippen LogP contribution in [0.1, 0.15) is 11.5 Å². The Morgan fingerprint density at radius 1 is 1.05 bits per heavy atom. The third kappa shape index (κ3) is 2.21. The molecule has 0 saturated heterocycles. The number of nitriles is 1. The average molecular weight is 247 g/mol. The Balaban J connectivity index is 1.94. The lowest BCUT2D eigenvalue weighted by Crippen LogP contribution is -2.06. The molecule has 0 bridgehead atoms. The van der Waals surface area contributed by atoms with Crippen LogP contribution in [0.2, 0.25) is 0 Å². The van der Waals surface area contributed by atoms with E-state index in [-0.39, 0.29) is 5.92 Å². The number of benzene rings is 2. The lowest BCUT2D eigenvalue weighted by Gasteiger charge is -2.11. The molecule has 2 aromatic carbocycles. The fourth-order valence-corrected chi connectivity index (χ4v) is 2.26. The van der Waals surface area contributed by atoms with Gasteiger partial charge in [0.1, 0.15) is 0 Å². The van der Waals surface area contributed by atoms with Gasteiger partial charge in [-0.2, -0.15) is 5.26 Å². The van der Waals surface area contributed by atoms with Gasteiger partial charge < -0.3 is 4.57 Å². The van der Waals surface area contributed by atoms with E-state index < -0.39 is 0 Å². The Morgan fingerprint density at radius 2 is 1.79 bits per heavy atom. The third-order valence-corrected chi connectivity index (χ3v) is 3.26. The summed E-state index contributed by atoms with van der Waals surface area (Å²) in [4.78, 5) is 4.35. The van der Waals surface area contributed by atoms with Crippen molar-refractivity contribution in [3.05, 3.63) is 66.5 Å². The van der Waals surface area contributed by atoms with E-state index in [0.29, 0.717) is 6.54 Å². The van der Waals surface area contributed by atoms with Crippen molar-refractivity contribution >= 4 is 11.0 Å². The van der Waals surface area contributed by atoms with Crippen LogP contribution in [0.4, 0.5) is 0 Å². The molecule has 19 heavy (non-hydrogen) atoms. The second kappa shape index (κ2) is 4.95. The molecule has 0 aliphatic heterocycles. The smallest absolute Gasteiger partial charge is 0.0958 e. The minimum absolute atomic E-state index is 0.154. The van der Waals surface area contributed by atoms with Crippen molar-refractivity contribution in [1.82, 2.24) is 9.55 Å². The Kier molecular flexibility index (Phi) is 2.99. The Morgan fingerprint density at radius 3 is 2.58 bits per heavy atom. The summed E-state index contributed by atoms with van der Waals surface area (Å²) in [5.74, 6) is -0.154. The van der Waals surface area contributed by atoms with E-state index >= 15 is 0 Å². The van der Waals surface area contributed by atoms with E-state index in [4.69, 9.17) is 0 Å². The fourth-order valence-electron chi connectivity index (χ4n) is 2.26. The zero-order chi connectivity index (χ0) is 13.1. The summed E-state index contributed by atoms with van der Waals surface area (Å²) in [5.41, 5.74) is 3.08. The minimum Gasteiger partial charge on any atom is -0.329 e. The van der Waals surface area contributed by atoms with Crippen molar-refractivity contribution in [2.24, 2.45) is 0 Å². The summed E-state index contributed by atoms with van der Waals surface area (Å²) in [6.45, 7) is 0.626. The topological polar surface area (TPSA) is 41.6 Å². The lowest BCUT2D eigenvalue weighted by atomic mass is 10.0. The normalized spacial score (nSPS) is 12.2. The highest BCUT2D eigenvalue weighted by molar-refractivity contribution is 5.74. The molecule has 0 amide bonds. The molecule has 3 aromatic rings. The number of nitrogens with zero attached hydrogens (tertiary/aromatic N) is 3. The van der Waals surface area contributed by atoms with E-state index in [0.717, 1.165) is 16.6 Å². The van der Waals surface area contributed by atoms with Gasteiger partial charge in [0.25, 0.3) is 0 Å². The van der Waals surface area contributed by atoms with E-state index in [1.807, 2.05) is 59.2 Å². The molecule has 0 N–H and O–H groups in total. The maximum absolute atomic E-state index is 9.37. The molecule has 1 unspecified atom stereocenters. The number of fused-ring (bicyclic) bond motifs is 1. The number of para-hydroxylation sites is 2. The first kappa shape index (κ1) is 11.5. The largest absolute Gasteiger partial charge is 0.329 e. The molecule has 1 aromatic heterocycles. The molecule has 1 atom stereocenters. The van der Waals surface area contributed by atoms with E-state index in [2.05, 4.69) is 11.1 Å². The number of rotatable bonds is 3. The first-order valence-electron chi connectivity index (χ1n) is 6.23.